The molecule has 0 radical (unpaired) electrons. The van der Waals surface area contributed by atoms with Crippen LogP contribution in [0.2, 0.25) is 0 Å². The summed E-state index contributed by atoms with van der Waals surface area (Å²) in [7, 11) is -3.82. The quantitative estimate of drug-likeness (QED) is 0.829. The lowest BCUT2D eigenvalue weighted by Gasteiger charge is -2.14. The average Bonchev–Trinajstić information content (AvgIpc) is 2.70. The molecule has 2 aromatic rings. The minimum Gasteiger partial charge on any atom is -0.311 e. The van der Waals surface area contributed by atoms with Gasteiger partial charge in [0.15, 0.2) is 0 Å². The Morgan fingerprint density at radius 1 is 1.00 bits per heavy atom. The van der Waals surface area contributed by atoms with Crippen molar-refractivity contribution in [3.05, 3.63) is 34.9 Å². The molecule has 0 amide bonds. The molecule has 6 nitrogen and oxygen atoms in total. The van der Waals surface area contributed by atoms with Crippen LogP contribution in [0.3, 0.4) is 0 Å². The largest absolute Gasteiger partial charge is 0.433 e. The van der Waals surface area contributed by atoms with Crippen LogP contribution < -0.4 is 0 Å². The van der Waals surface area contributed by atoms with Crippen molar-refractivity contribution in [2.75, 3.05) is 0 Å². The van der Waals surface area contributed by atoms with Gasteiger partial charge in [-0.2, -0.15) is 19.1 Å². The maximum Gasteiger partial charge on any atom is 0.433 e. The van der Waals surface area contributed by atoms with E-state index in [-0.39, 0.29) is 0 Å². The summed E-state index contributed by atoms with van der Waals surface area (Å²) < 4.78 is 14.7. The first-order chi connectivity index (χ1) is 7.82. The van der Waals surface area contributed by atoms with Crippen LogP contribution in [0, 0.1) is 27.7 Å². The van der Waals surface area contributed by atoms with Crippen LogP contribution in [0.4, 0.5) is 0 Å². The Labute approximate surface area is 99.4 Å². The highest BCUT2D eigenvalue weighted by Gasteiger charge is 2.29. The van der Waals surface area contributed by atoms with Gasteiger partial charge in [-0.25, -0.2) is 4.57 Å². The summed E-state index contributed by atoms with van der Waals surface area (Å²) in [6.07, 6.45) is 0. The Morgan fingerprint density at radius 2 is 1.35 bits per heavy atom. The molecule has 1 N–H and O–H groups in total. The predicted octanol–water partition coefficient (Wildman–Crippen LogP) is 1.81. The van der Waals surface area contributed by atoms with Crippen molar-refractivity contribution >= 4 is 7.67 Å². The van der Waals surface area contributed by atoms with Crippen LogP contribution in [0.15, 0.2) is 12.1 Å². The van der Waals surface area contributed by atoms with E-state index < -0.39 is 7.67 Å². The van der Waals surface area contributed by atoms with Crippen LogP contribution in [0.25, 0.3) is 0 Å². The molecule has 0 atom stereocenters. The zero-order valence-electron chi connectivity index (χ0n) is 10.2. The van der Waals surface area contributed by atoms with Crippen molar-refractivity contribution in [3.63, 3.8) is 0 Å². The van der Waals surface area contributed by atoms with E-state index in [0.717, 1.165) is 8.90 Å². The van der Waals surface area contributed by atoms with Crippen molar-refractivity contribution in [2.45, 2.75) is 27.7 Å². The van der Waals surface area contributed by atoms with Crippen LogP contribution >= 0.6 is 7.67 Å². The predicted molar refractivity (Wildman–Crippen MR) is 64.0 cm³/mol. The summed E-state index contributed by atoms with van der Waals surface area (Å²) in [4.78, 5) is 10.2. The molecule has 0 aliphatic heterocycles. The standard InChI is InChI=1S/C10H15N4O2P/c1-7-5-9(3)13(11-7)17(15,16)14-10(4)6-8(2)12-14/h5-6H,1-4H3,(H,15,16). The number of nitrogens with zero attached hydrogens (tertiary/aromatic N) is 4. The lowest BCUT2D eigenvalue weighted by Crippen LogP contribution is -2.11. The van der Waals surface area contributed by atoms with Crippen LogP contribution in [0.1, 0.15) is 22.8 Å². The lowest BCUT2D eigenvalue weighted by molar-refractivity contribution is 0.439. The highest BCUT2D eigenvalue weighted by atomic mass is 31.2. The normalized spacial score (nSPS) is 12.1. The maximum atomic E-state index is 12.4. The molecule has 0 unspecified atom stereocenters. The summed E-state index contributed by atoms with van der Waals surface area (Å²) in [5, 5.41) is 8.10. The summed E-state index contributed by atoms with van der Waals surface area (Å²) >= 11 is 0. The summed E-state index contributed by atoms with van der Waals surface area (Å²) in [5.41, 5.74) is 2.69. The molecule has 0 aromatic carbocycles. The van der Waals surface area contributed by atoms with Crippen LogP contribution in [-0.2, 0) is 4.57 Å². The van der Waals surface area contributed by atoms with Gasteiger partial charge in [0.1, 0.15) is 0 Å². The summed E-state index contributed by atoms with van der Waals surface area (Å²) in [6, 6.07) is 3.52. The van der Waals surface area contributed by atoms with Gasteiger partial charge in [-0.05, 0) is 39.8 Å². The summed E-state index contributed by atoms with van der Waals surface area (Å²) in [6.45, 7) is 7.05. The summed E-state index contributed by atoms with van der Waals surface area (Å²) in [5.74, 6) is 0. The van der Waals surface area contributed by atoms with Crippen molar-refractivity contribution in [1.82, 2.24) is 19.1 Å². The van der Waals surface area contributed by atoms with E-state index >= 15 is 0 Å². The van der Waals surface area contributed by atoms with Crippen molar-refractivity contribution in [2.24, 2.45) is 0 Å². The van der Waals surface area contributed by atoms with Gasteiger partial charge in [-0.3, -0.25) is 0 Å². The maximum absolute atomic E-state index is 12.4. The number of hydrogen-bond donors (Lipinski definition) is 1. The Balaban J connectivity index is 2.61. The first-order valence-corrected chi connectivity index (χ1v) is 6.80. The minimum absolute atomic E-state index is 0.640. The molecule has 17 heavy (non-hydrogen) atoms. The van der Waals surface area contributed by atoms with Crippen molar-refractivity contribution in [1.29, 1.82) is 0 Å². The zero-order valence-corrected chi connectivity index (χ0v) is 11.1. The van der Waals surface area contributed by atoms with Crippen LogP contribution in [0.5, 0.6) is 0 Å². The monoisotopic (exact) mass is 254 g/mol. The number of aromatic nitrogens is 4. The van der Waals surface area contributed by atoms with Gasteiger partial charge in [-0.1, -0.05) is 0 Å². The van der Waals surface area contributed by atoms with E-state index in [1.807, 2.05) is 0 Å². The molecule has 7 heteroatoms. The Hall–Kier alpha value is -1.39. The first kappa shape index (κ1) is 12.1. The molecule has 0 saturated heterocycles. The number of hydrogen-bond acceptors (Lipinski definition) is 3. The fraction of sp³-hybridized carbons (Fsp3) is 0.400. The van der Waals surface area contributed by atoms with Crippen LogP contribution in [-0.4, -0.2) is 24.0 Å². The second-order valence-corrected chi connectivity index (χ2v) is 5.93. The third-order valence-electron chi connectivity index (χ3n) is 2.46. The first-order valence-electron chi connectivity index (χ1n) is 5.23. The number of aryl methyl sites for hydroxylation is 4. The highest BCUT2D eigenvalue weighted by molar-refractivity contribution is 7.54. The molecule has 0 fully saturated rings. The molecule has 2 heterocycles. The molecule has 0 saturated carbocycles. The molecule has 0 bridgehead atoms. The molecule has 2 rings (SSSR count). The Bertz CT molecular complexity index is 564. The molecule has 0 aliphatic rings. The lowest BCUT2D eigenvalue weighted by atomic mass is 10.4. The Morgan fingerprint density at radius 3 is 1.59 bits per heavy atom. The smallest absolute Gasteiger partial charge is 0.311 e. The van der Waals surface area contributed by atoms with Gasteiger partial charge in [0.25, 0.3) is 0 Å². The molecular weight excluding hydrogens is 239 g/mol. The number of rotatable bonds is 2. The van der Waals surface area contributed by atoms with Gasteiger partial charge in [0.2, 0.25) is 0 Å². The average molecular weight is 254 g/mol. The van der Waals surface area contributed by atoms with E-state index in [2.05, 4.69) is 10.2 Å². The van der Waals surface area contributed by atoms with Crippen molar-refractivity contribution in [3.8, 4) is 0 Å². The molecular formula is C10H15N4O2P. The van der Waals surface area contributed by atoms with E-state index in [4.69, 9.17) is 0 Å². The van der Waals surface area contributed by atoms with Gasteiger partial charge < -0.3 is 4.89 Å². The molecule has 0 aliphatic carbocycles. The van der Waals surface area contributed by atoms with Gasteiger partial charge in [-0.15, -0.1) is 0 Å². The Kier molecular flexibility index (Phi) is 2.72. The van der Waals surface area contributed by atoms with E-state index in [9.17, 15) is 9.46 Å². The van der Waals surface area contributed by atoms with E-state index in [1.54, 1.807) is 39.8 Å². The molecule has 92 valence electrons. The van der Waals surface area contributed by atoms with E-state index in [0.29, 0.717) is 22.8 Å². The molecule has 2 aromatic heterocycles. The fourth-order valence-corrected chi connectivity index (χ4v) is 3.46. The minimum atomic E-state index is -3.82. The second-order valence-electron chi connectivity index (χ2n) is 4.15. The third-order valence-corrected chi connectivity index (χ3v) is 4.26. The second kappa shape index (κ2) is 3.82. The highest BCUT2D eigenvalue weighted by Crippen LogP contribution is 2.44. The van der Waals surface area contributed by atoms with Crippen molar-refractivity contribution < 1.29 is 9.46 Å². The van der Waals surface area contributed by atoms with Gasteiger partial charge >= 0.3 is 7.67 Å². The molecule has 0 spiro atoms. The fourth-order valence-electron chi connectivity index (χ4n) is 1.84. The third kappa shape index (κ3) is 1.94. The topological polar surface area (TPSA) is 72.9 Å². The van der Waals surface area contributed by atoms with Gasteiger partial charge in [0, 0.05) is 11.4 Å². The zero-order chi connectivity index (χ0) is 12.8. The van der Waals surface area contributed by atoms with Gasteiger partial charge in [0.05, 0.1) is 11.4 Å². The van der Waals surface area contributed by atoms with E-state index in [1.165, 1.54) is 0 Å². The SMILES string of the molecule is Cc1cc(C)n(P(=O)(O)n2nc(C)cc2C)n1.